The lowest BCUT2D eigenvalue weighted by molar-refractivity contribution is 0.104. The van der Waals surface area contributed by atoms with Gasteiger partial charge in [-0.25, -0.2) is 4.98 Å². The number of allylic oxidation sites excluding steroid dienone is 1. The Morgan fingerprint density at radius 3 is 3.11 bits per heavy atom. The fourth-order valence-corrected chi connectivity index (χ4v) is 1.00. The minimum Gasteiger partial charge on any atom is -0.287 e. The maximum atomic E-state index is 10.7. The van der Waals surface area contributed by atoms with Crippen LogP contribution in [0.1, 0.15) is 9.80 Å². The van der Waals surface area contributed by atoms with E-state index in [1.54, 1.807) is 11.6 Å². The third kappa shape index (κ3) is 1.23. The van der Waals surface area contributed by atoms with Crippen molar-refractivity contribution in [3.63, 3.8) is 0 Å². The van der Waals surface area contributed by atoms with Crippen molar-refractivity contribution in [3.8, 4) is 0 Å². The van der Waals surface area contributed by atoms with Crippen molar-refractivity contribution < 1.29 is 4.79 Å². The van der Waals surface area contributed by atoms with Crippen LogP contribution in [0.2, 0.25) is 0 Å². The zero-order chi connectivity index (χ0) is 6.69. The molecule has 2 nitrogen and oxygen atoms in total. The van der Waals surface area contributed by atoms with Crippen LogP contribution in [-0.4, -0.2) is 10.8 Å². The molecule has 46 valence electrons. The standard InChI is InChI=1S/C6H5NOS/c1-2-5(8)6-7-3-4-9-6/h2-4H,1H2. The van der Waals surface area contributed by atoms with Gasteiger partial charge < -0.3 is 0 Å². The number of carbonyl (C=O) groups is 1. The molecule has 0 atom stereocenters. The monoisotopic (exact) mass is 139 g/mol. The maximum Gasteiger partial charge on any atom is 0.213 e. The molecule has 1 aromatic heterocycles. The molecule has 1 aromatic rings. The Kier molecular flexibility index (Phi) is 1.75. The number of nitrogens with zero attached hydrogens (tertiary/aromatic N) is 1. The zero-order valence-electron chi connectivity index (χ0n) is 4.70. The molecule has 9 heavy (non-hydrogen) atoms. The van der Waals surface area contributed by atoms with Crippen LogP contribution in [0.15, 0.2) is 24.2 Å². The predicted molar refractivity (Wildman–Crippen MR) is 36.6 cm³/mol. The molecule has 0 aliphatic heterocycles. The minimum atomic E-state index is -0.106. The summed E-state index contributed by atoms with van der Waals surface area (Å²) in [6.45, 7) is 3.33. The van der Waals surface area contributed by atoms with Gasteiger partial charge in [-0.2, -0.15) is 0 Å². The van der Waals surface area contributed by atoms with Crippen LogP contribution in [-0.2, 0) is 0 Å². The van der Waals surface area contributed by atoms with Crippen molar-refractivity contribution >= 4 is 17.1 Å². The van der Waals surface area contributed by atoms with Gasteiger partial charge in [0, 0.05) is 11.6 Å². The average molecular weight is 139 g/mol. The molecule has 0 saturated carbocycles. The van der Waals surface area contributed by atoms with Gasteiger partial charge in [0.25, 0.3) is 0 Å². The first-order valence-corrected chi connectivity index (χ1v) is 3.29. The van der Waals surface area contributed by atoms with Crippen LogP contribution in [0.3, 0.4) is 0 Å². The Morgan fingerprint density at radius 1 is 1.89 bits per heavy atom. The van der Waals surface area contributed by atoms with E-state index < -0.39 is 0 Å². The second-order valence-corrected chi connectivity index (χ2v) is 2.30. The van der Waals surface area contributed by atoms with E-state index in [9.17, 15) is 4.79 Å². The minimum absolute atomic E-state index is 0.106. The van der Waals surface area contributed by atoms with Crippen molar-refractivity contribution in [1.29, 1.82) is 0 Å². The molecule has 0 saturated heterocycles. The average Bonchev–Trinajstić information content (AvgIpc) is 2.37. The third-order valence-corrected chi connectivity index (χ3v) is 1.62. The molecule has 0 aliphatic rings. The van der Waals surface area contributed by atoms with E-state index >= 15 is 0 Å². The summed E-state index contributed by atoms with van der Waals surface area (Å²) in [7, 11) is 0. The molecule has 0 radical (unpaired) electrons. The van der Waals surface area contributed by atoms with Crippen molar-refractivity contribution in [2.75, 3.05) is 0 Å². The van der Waals surface area contributed by atoms with E-state index in [4.69, 9.17) is 0 Å². The van der Waals surface area contributed by atoms with Gasteiger partial charge in [0.2, 0.25) is 5.78 Å². The van der Waals surface area contributed by atoms with E-state index in [2.05, 4.69) is 11.6 Å². The van der Waals surface area contributed by atoms with E-state index in [1.165, 1.54) is 17.4 Å². The van der Waals surface area contributed by atoms with Gasteiger partial charge in [-0.15, -0.1) is 11.3 Å². The quantitative estimate of drug-likeness (QED) is 0.459. The van der Waals surface area contributed by atoms with E-state index in [0.717, 1.165) is 0 Å². The Morgan fingerprint density at radius 2 is 2.67 bits per heavy atom. The predicted octanol–water partition coefficient (Wildman–Crippen LogP) is 1.51. The smallest absolute Gasteiger partial charge is 0.213 e. The highest BCUT2D eigenvalue weighted by Crippen LogP contribution is 2.04. The fourth-order valence-electron chi connectivity index (χ4n) is 0.432. The van der Waals surface area contributed by atoms with Gasteiger partial charge >= 0.3 is 0 Å². The summed E-state index contributed by atoms with van der Waals surface area (Å²) in [5.74, 6) is -0.106. The Bertz CT molecular complexity index is 215. The Balaban J connectivity index is 2.89. The summed E-state index contributed by atoms with van der Waals surface area (Å²) in [5, 5.41) is 2.27. The van der Waals surface area contributed by atoms with Crippen molar-refractivity contribution in [2.24, 2.45) is 0 Å². The Labute approximate surface area is 56.9 Å². The second kappa shape index (κ2) is 2.55. The number of ketones is 1. The molecule has 0 bridgehead atoms. The summed E-state index contributed by atoms with van der Waals surface area (Å²) in [6, 6.07) is 0. The third-order valence-electron chi connectivity index (χ3n) is 0.829. The van der Waals surface area contributed by atoms with Crippen LogP contribution in [0.4, 0.5) is 0 Å². The van der Waals surface area contributed by atoms with Crippen molar-refractivity contribution in [1.82, 2.24) is 4.98 Å². The van der Waals surface area contributed by atoms with Crippen molar-refractivity contribution in [2.45, 2.75) is 0 Å². The highest BCUT2D eigenvalue weighted by atomic mass is 32.1. The summed E-state index contributed by atoms with van der Waals surface area (Å²) in [5.41, 5.74) is 0. The first-order chi connectivity index (χ1) is 4.34. The second-order valence-electron chi connectivity index (χ2n) is 1.41. The molecule has 0 N–H and O–H groups in total. The summed E-state index contributed by atoms with van der Waals surface area (Å²) in [6.07, 6.45) is 2.86. The Hall–Kier alpha value is -0.960. The van der Waals surface area contributed by atoms with Gasteiger partial charge in [0.05, 0.1) is 0 Å². The molecule has 0 unspecified atom stereocenters. The molecule has 0 fully saturated rings. The topological polar surface area (TPSA) is 30.0 Å². The molecular formula is C6H5NOS. The molecule has 0 aromatic carbocycles. The van der Waals surface area contributed by atoms with Gasteiger partial charge in [-0.1, -0.05) is 6.58 Å². The normalized spacial score (nSPS) is 8.89. The van der Waals surface area contributed by atoms with Gasteiger partial charge in [-0.3, -0.25) is 4.79 Å². The highest BCUT2D eigenvalue weighted by molar-refractivity contribution is 7.11. The largest absolute Gasteiger partial charge is 0.287 e. The number of rotatable bonds is 2. The van der Waals surface area contributed by atoms with Crippen LogP contribution >= 0.6 is 11.3 Å². The number of aromatic nitrogens is 1. The van der Waals surface area contributed by atoms with Crippen molar-refractivity contribution in [3.05, 3.63) is 29.2 Å². The maximum absolute atomic E-state index is 10.7. The number of carbonyl (C=O) groups excluding carboxylic acids is 1. The zero-order valence-corrected chi connectivity index (χ0v) is 5.52. The van der Waals surface area contributed by atoms with Gasteiger partial charge in [0.1, 0.15) is 0 Å². The molecule has 1 rings (SSSR count). The molecular weight excluding hydrogens is 134 g/mol. The summed E-state index contributed by atoms with van der Waals surface area (Å²) in [4.78, 5) is 14.5. The lowest BCUT2D eigenvalue weighted by Gasteiger charge is -1.80. The number of hydrogen-bond donors (Lipinski definition) is 0. The van der Waals surface area contributed by atoms with Crippen LogP contribution in [0, 0.1) is 0 Å². The van der Waals surface area contributed by atoms with E-state index in [-0.39, 0.29) is 5.78 Å². The molecule has 1 heterocycles. The first-order valence-electron chi connectivity index (χ1n) is 2.41. The van der Waals surface area contributed by atoms with Crippen LogP contribution in [0.25, 0.3) is 0 Å². The summed E-state index contributed by atoms with van der Waals surface area (Å²) < 4.78 is 0. The lowest BCUT2D eigenvalue weighted by Crippen LogP contribution is -1.89. The lowest BCUT2D eigenvalue weighted by atomic mass is 10.4. The van der Waals surface area contributed by atoms with Crippen LogP contribution < -0.4 is 0 Å². The molecule has 3 heteroatoms. The number of thiazole rings is 1. The van der Waals surface area contributed by atoms with Gasteiger partial charge in [0.15, 0.2) is 5.01 Å². The fraction of sp³-hybridized carbons (Fsp3) is 0. The number of hydrogen-bond acceptors (Lipinski definition) is 3. The van der Waals surface area contributed by atoms with E-state index in [0.29, 0.717) is 5.01 Å². The molecule has 0 aliphatic carbocycles. The SMILES string of the molecule is C=CC(=O)c1nccs1. The van der Waals surface area contributed by atoms with E-state index in [1.807, 2.05) is 0 Å². The summed E-state index contributed by atoms with van der Waals surface area (Å²) >= 11 is 1.32. The van der Waals surface area contributed by atoms with Gasteiger partial charge in [-0.05, 0) is 6.08 Å². The molecule has 0 spiro atoms. The first kappa shape index (κ1) is 6.16. The van der Waals surface area contributed by atoms with Crippen LogP contribution in [0.5, 0.6) is 0 Å². The highest BCUT2D eigenvalue weighted by Gasteiger charge is 2.00. The molecule has 0 amide bonds.